The van der Waals surface area contributed by atoms with Crippen LogP contribution in [0.25, 0.3) is 22.4 Å². The summed E-state index contributed by atoms with van der Waals surface area (Å²) in [4.78, 5) is 8.79. The van der Waals surface area contributed by atoms with Crippen molar-refractivity contribution in [2.45, 2.75) is 0 Å². The van der Waals surface area contributed by atoms with Crippen LogP contribution < -0.4 is 0 Å². The van der Waals surface area contributed by atoms with Crippen molar-refractivity contribution < 1.29 is 0 Å². The van der Waals surface area contributed by atoms with Crippen molar-refractivity contribution in [2.75, 3.05) is 0 Å². The molecule has 1 heterocycles. The van der Waals surface area contributed by atoms with E-state index in [0.717, 1.165) is 33.7 Å². The third-order valence-corrected chi connectivity index (χ3v) is 3.93. The van der Waals surface area contributed by atoms with E-state index in [9.17, 15) is 0 Å². The predicted octanol–water partition coefficient (Wildman–Crippen LogP) is 6.77. The summed E-state index contributed by atoms with van der Waals surface area (Å²) in [5, 5.41) is 0. The first kappa shape index (κ1) is 20.5. The zero-order valence-electron chi connectivity index (χ0n) is 16.0. The molecule has 1 aromatic carbocycles. The highest BCUT2D eigenvalue weighted by Gasteiger charge is 2.05. The fourth-order valence-corrected chi connectivity index (χ4v) is 2.55. The number of nitrogens with zero attached hydrogens (tertiary/aromatic N) is 2. The van der Waals surface area contributed by atoms with Crippen LogP contribution in [0.5, 0.6) is 0 Å². The van der Waals surface area contributed by atoms with E-state index in [0.29, 0.717) is 0 Å². The molecule has 0 saturated heterocycles. The van der Waals surface area contributed by atoms with Crippen molar-refractivity contribution in [1.29, 1.82) is 0 Å². The standard InChI is InChI=1S/C26H24N2/c1-5-9-11-14-21(8-4)25-19-26(28-20-27-25)24-17-15-23(16-18-24)22(12-7-3)13-10-6-2/h5-20H,1-4H2/b11-9-,13-10-,21-14+,22-12+. The molecule has 0 aliphatic heterocycles. The first-order chi connectivity index (χ1) is 13.7. The van der Waals surface area contributed by atoms with E-state index < -0.39 is 0 Å². The molecule has 2 heteroatoms. The first-order valence-corrected chi connectivity index (χ1v) is 8.90. The highest BCUT2D eigenvalue weighted by atomic mass is 14.8. The second kappa shape index (κ2) is 11.0. The van der Waals surface area contributed by atoms with Crippen LogP contribution >= 0.6 is 0 Å². The summed E-state index contributed by atoms with van der Waals surface area (Å²) < 4.78 is 0. The van der Waals surface area contributed by atoms with Gasteiger partial charge in [-0.3, -0.25) is 0 Å². The van der Waals surface area contributed by atoms with Gasteiger partial charge in [-0.2, -0.15) is 0 Å². The first-order valence-electron chi connectivity index (χ1n) is 8.90. The second-order valence-electron chi connectivity index (χ2n) is 5.77. The zero-order valence-corrected chi connectivity index (χ0v) is 16.0. The van der Waals surface area contributed by atoms with E-state index in [1.54, 1.807) is 30.6 Å². The van der Waals surface area contributed by atoms with Crippen LogP contribution in [0.15, 0.2) is 124 Å². The molecule has 0 amide bonds. The molecule has 2 nitrogen and oxygen atoms in total. The molecule has 0 spiro atoms. The van der Waals surface area contributed by atoms with Crippen LogP contribution in [0.2, 0.25) is 0 Å². The minimum Gasteiger partial charge on any atom is -0.236 e. The summed E-state index contributed by atoms with van der Waals surface area (Å²) in [6, 6.07) is 10.2. The quantitative estimate of drug-likeness (QED) is 0.459. The van der Waals surface area contributed by atoms with Crippen LogP contribution in [0.4, 0.5) is 0 Å². The van der Waals surface area contributed by atoms with Gasteiger partial charge in [0.05, 0.1) is 11.4 Å². The Labute approximate surface area is 167 Å². The third kappa shape index (κ3) is 5.61. The molecule has 0 unspecified atom stereocenters. The van der Waals surface area contributed by atoms with Gasteiger partial charge in [-0.05, 0) is 22.8 Å². The van der Waals surface area contributed by atoms with Gasteiger partial charge in [0.1, 0.15) is 6.33 Å². The fourth-order valence-electron chi connectivity index (χ4n) is 2.55. The number of hydrogen-bond acceptors (Lipinski definition) is 2. The van der Waals surface area contributed by atoms with Gasteiger partial charge in [0.15, 0.2) is 0 Å². The molecule has 0 aliphatic rings. The summed E-state index contributed by atoms with van der Waals surface area (Å²) in [6.07, 6.45) is 20.2. The Balaban J connectivity index is 2.36. The highest BCUT2D eigenvalue weighted by Crippen LogP contribution is 2.24. The lowest BCUT2D eigenvalue weighted by Crippen LogP contribution is -1.92. The van der Waals surface area contributed by atoms with E-state index >= 15 is 0 Å². The SMILES string of the molecule is C=C/C=C\C=C(/C=C)c1cc(-c2ccc(C(/C=C\C=C)=C/C=C)cc2)ncn1. The Kier molecular flexibility index (Phi) is 8.10. The summed E-state index contributed by atoms with van der Waals surface area (Å²) in [7, 11) is 0. The second-order valence-corrected chi connectivity index (χ2v) is 5.77. The van der Waals surface area contributed by atoms with Crippen molar-refractivity contribution >= 4 is 11.1 Å². The van der Waals surface area contributed by atoms with Crippen molar-refractivity contribution in [1.82, 2.24) is 9.97 Å². The van der Waals surface area contributed by atoms with E-state index in [2.05, 4.69) is 60.5 Å². The van der Waals surface area contributed by atoms with Crippen molar-refractivity contribution in [2.24, 2.45) is 0 Å². The van der Waals surface area contributed by atoms with Gasteiger partial charge in [-0.1, -0.05) is 111 Å². The molecule has 0 bridgehead atoms. The Bertz CT molecular complexity index is 968. The van der Waals surface area contributed by atoms with Crippen LogP contribution in [0.1, 0.15) is 11.3 Å². The molecular formula is C26H24N2. The molecular weight excluding hydrogens is 340 g/mol. The average Bonchev–Trinajstić information content (AvgIpc) is 2.74. The number of benzene rings is 1. The van der Waals surface area contributed by atoms with Crippen LogP contribution in [-0.2, 0) is 0 Å². The zero-order chi connectivity index (χ0) is 20.2. The van der Waals surface area contributed by atoms with Crippen LogP contribution in [0.3, 0.4) is 0 Å². The van der Waals surface area contributed by atoms with Crippen molar-refractivity contribution in [3.8, 4) is 11.3 Å². The molecule has 0 aliphatic carbocycles. The Morgan fingerprint density at radius 3 is 2.14 bits per heavy atom. The lowest BCUT2D eigenvalue weighted by molar-refractivity contribution is 1.15. The Morgan fingerprint density at radius 1 is 0.750 bits per heavy atom. The van der Waals surface area contributed by atoms with Gasteiger partial charge in [-0.25, -0.2) is 9.97 Å². The predicted molar refractivity (Wildman–Crippen MR) is 122 cm³/mol. The molecule has 0 N–H and O–H groups in total. The smallest absolute Gasteiger partial charge is 0.116 e. The Morgan fingerprint density at radius 2 is 1.50 bits per heavy atom. The van der Waals surface area contributed by atoms with Crippen LogP contribution in [-0.4, -0.2) is 9.97 Å². The molecule has 0 radical (unpaired) electrons. The van der Waals surface area contributed by atoms with Crippen molar-refractivity contribution in [3.63, 3.8) is 0 Å². The minimum absolute atomic E-state index is 0.818. The van der Waals surface area contributed by atoms with Crippen LogP contribution in [0, 0.1) is 0 Å². The lowest BCUT2D eigenvalue weighted by atomic mass is 10.0. The van der Waals surface area contributed by atoms with Gasteiger partial charge in [0, 0.05) is 5.56 Å². The minimum atomic E-state index is 0.818. The summed E-state index contributed by atoms with van der Waals surface area (Å²) in [6.45, 7) is 15.0. The maximum Gasteiger partial charge on any atom is 0.116 e. The average molecular weight is 364 g/mol. The Hall–Kier alpha value is -3.78. The molecule has 1 aromatic heterocycles. The largest absolute Gasteiger partial charge is 0.236 e. The molecule has 0 atom stereocenters. The van der Waals surface area contributed by atoms with Gasteiger partial charge in [0.25, 0.3) is 0 Å². The van der Waals surface area contributed by atoms with E-state index in [1.165, 1.54) is 0 Å². The summed E-state index contributed by atoms with van der Waals surface area (Å²) >= 11 is 0. The third-order valence-electron chi connectivity index (χ3n) is 3.93. The normalized spacial score (nSPS) is 12.3. The topological polar surface area (TPSA) is 25.8 Å². The van der Waals surface area contributed by atoms with E-state index in [4.69, 9.17) is 0 Å². The maximum absolute atomic E-state index is 4.42. The lowest BCUT2D eigenvalue weighted by Gasteiger charge is -2.07. The number of allylic oxidation sites excluding steroid dienone is 12. The summed E-state index contributed by atoms with van der Waals surface area (Å²) in [5.41, 5.74) is 5.77. The van der Waals surface area contributed by atoms with E-state index in [-0.39, 0.29) is 0 Å². The van der Waals surface area contributed by atoms with Crippen molar-refractivity contribution in [3.05, 3.63) is 135 Å². The number of hydrogen-bond donors (Lipinski definition) is 0. The monoisotopic (exact) mass is 364 g/mol. The van der Waals surface area contributed by atoms with Gasteiger partial charge in [0.2, 0.25) is 0 Å². The molecule has 0 saturated carbocycles. The molecule has 138 valence electrons. The maximum atomic E-state index is 4.42. The molecule has 2 aromatic rings. The molecule has 28 heavy (non-hydrogen) atoms. The van der Waals surface area contributed by atoms with Gasteiger partial charge < -0.3 is 0 Å². The summed E-state index contributed by atoms with van der Waals surface area (Å²) in [5.74, 6) is 0. The highest BCUT2D eigenvalue weighted by molar-refractivity contribution is 5.78. The van der Waals surface area contributed by atoms with Gasteiger partial charge in [-0.15, -0.1) is 0 Å². The van der Waals surface area contributed by atoms with E-state index in [1.807, 2.05) is 42.5 Å². The van der Waals surface area contributed by atoms with Gasteiger partial charge >= 0.3 is 0 Å². The molecule has 2 rings (SSSR count). The number of rotatable bonds is 9. The fraction of sp³-hybridized carbons (Fsp3) is 0. The molecule has 0 fully saturated rings. The number of aromatic nitrogens is 2.